The number of benzene rings is 1. The van der Waals surface area contributed by atoms with Crippen LogP contribution in [-0.4, -0.2) is 62.6 Å². The van der Waals surface area contributed by atoms with Gasteiger partial charge in [0.15, 0.2) is 0 Å². The highest BCUT2D eigenvalue weighted by Gasteiger charge is 2.52. The van der Waals surface area contributed by atoms with Crippen molar-refractivity contribution < 1.29 is 24.0 Å². The first-order valence-corrected chi connectivity index (χ1v) is 10.2. The number of amides is 4. The molecule has 8 heteroatoms. The van der Waals surface area contributed by atoms with Crippen molar-refractivity contribution >= 4 is 17.8 Å². The van der Waals surface area contributed by atoms with Crippen LogP contribution >= 0.6 is 0 Å². The second kappa shape index (κ2) is 8.82. The highest BCUT2D eigenvalue weighted by Crippen LogP contribution is 2.35. The number of nitrogens with one attached hydrogen (secondary N) is 3. The molecule has 1 saturated carbocycles. The first-order valence-electron chi connectivity index (χ1n) is 10.2. The molecule has 3 rings (SSSR count). The Hall–Kier alpha value is -2.61. The molecule has 1 saturated heterocycles. The van der Waals surface area contributed by atoms with Crippen LogP contribution in [0.25, 0.3) is 0 Å². The number of nitrogens with zero attached hydrogens (tertiary/aromatic N) is 1. The minimum atomic E-state index is -0.721. The average molecular weight is 404 g/mol. The van der Waals surface area contributed by atoms with Crippen molar-refractivity contribution in [2.24, 2.45) is 0 Å². The zero-order valence-electron chi connectivity index (χ0n) is 17.4. The van der Waals surface area contributed by atoms with Gasteiger partial charge in [0.25, 0.3) is 5.91 Å². The van der Waals surface area contributed by atoms with E-state index in [0.717, 1.165) is 24.2 Å². The summed E-state index contributed by atoms with van der Waals surface area (Å²) in [7, 11) is 5.70. The molecule has 1 heterocycles. The van der Waals surface area contributed by atoms with Gasteiger partial charge in [-0.2, -0.15) is 0 Å². The van der Waals surface area contributed by atoms with Gasteiger partial charge in [0.2, 0.25) is 5.91 Å². The quantitative estimate of drug-likeness (QED) is 0.543. The van der Waals surface area contributed by atoms with Crippen LogP contribution < -0.4 is 20.3 Å². The summed E-state index contributed by atoms with van der Waals surface area (Å²) >= 11 is 0. The van der Waals surface area contributed by atoms with E-state index in [4.69, 9.17) is 4.74 Å². The summed E-state index contributed by atoms with van der Waals surface area (Å²) in [4.78, 5) is 39.6. The zero-order valence-corrected chi connectivity index (χ0v) is 17.4. The van der Waals surface area contributed by atoms with Gasteiger partial charge in [0.05, 0.1) is 27.7 Å². The van der Waals surface area contributed by atoms with Crippen LogP contribution in [0.1, 0.15) is 43.7 Å². The van der Waals surface area contributed by atoms with Crippen molar-refractivity contribution in [2.45, 2.75) is 43.7 Å². The van der Waals surface area contributed by atoms with E-state index in [-0.39, 0.29) is 36.9 Å². The van der Waals surface area contributed by atoms with Gasteiger partial charge in [-0.25, -0.2) is 4.79 Å². The molecule has 0 unspecified atom stereocenters. The number of methoxy groups -OCH3 is 1. The van der Waals surface area contributed by atoms with Crippen LogP contribution in [0.4, 0.5) is 4.79 Å². The molecule has 8 nitrogen and oxygen atoms in total. The predicted octanol–water partition coefficient (Wildman–Crippen LogP) is 0.252. The van der Waals surface area contributed by atoms with Gasteiger partial charge in [-0.05, 0) is 37.1 Å². The van der Waals surface area contributed by atoms with Crippen molar-refractivity contribution in [3.63, 3.8) is 0 Å². The van der Waals surface area contributed by atoms with Crippen LogP contribution in [0, 0.1) is 0 Å². The molecule has 0 aromatic heterocycles. The summed E-state index contributed by atoms with van der Waals surface area (Å²) in [6, 6.07) is 7.52. The summed E-state index contributed by atoms with van der Waals surface area (Å²) in [5.74, 6) is 0.443. The molecule has 0 bridgehead atoms. The smallest absolute Gasteiger partial charge is 0.325 e. The highest BCUT2D eigenvalue weighted by atomic mass is 16.5. The first-order chi connectivity index (χ1) is 13.9. The Labute approximate surface area is 171 Å². The lowest BCUT2D eigenvalue weighted by molar-refractivity contribution is -0.890. The number of carbonyl (C=O) groups is 3. The molecule has 1 spiro atoms. The number of likely N-dealkylation sites (N-methyl/N-ethyl adjacent to an activating group) is 1. The predicted molar refractivity (Wildman–Crippen MR) is 108 cm³/mol. The molecule has 1 atom stereocenters. The molecule has 2 fully saturated rings. The number of rotatable bonds is 8. The molecule has 0 radical (unpaired) electrons. The van der Waals surface area contributed by atoms with E-state index in [2.05, 4.69) is 10.6 Å². The molecular formula is C21H31N4O4+. The summed E-state index contributed by atoms with van der Waals surface area (Å²) < 4.78 is 5.20. The number of quaternary nitrogens is 1. The third-order valence-electron chi connectivity index (χ3n) is 5.98. The normalized spacial score (nSPS) is 19.0. The standard InChI is InChI=1S/C21H30N4O4/c1-24(2)17(15-6-8-16(29-3)9-7-15)14-22-18(26)10-13-25-19(27)21(23-20(25)28)11-4-5-12-21/h6-9,17H,4-5,10-14H2,1-3H3,(H,22,26)(H,23,28)/p+1/t17-/m0/s1. The number of ether oxygens (including phenoxy) is 1. The zero-order chi connectivity index (χ0) is 21.0. The lowest BCUT2D eigenvalue weighted by Gasteiger charge is -2.23. The van der Waals surface area contributed by atoms with E-state index in [9.17, 15) is 14.4 Å². The van der Waals surface area contributed by atoms with Gasteiger partial charge in [0, 0.05) is 18.5 Å². The van der Waals surface area contributed by atoms with E-state index < -0.39 is 5.54 Å². The Morgan fingerprint density at radius 2 is 1.90 bits per heavy atom. The molecular weight excluding hydrogens is 372 g/mol. The van der Waals surface area contributed by atoms with Crippen molar-refractivity contribution in [2.75, 3.05) is 34.3 Å². The maximum absolute atomic E-state index is 12.6. The first kappa shape index (κ1) is 21.1. The number of urea groups is 1. The minimum Gasteiger partial charge on any atom is -0.497 e. The van der Waals surface area contributed by atoms with Crippen LogP contribution in [0.5, 0.6) is 5.75 Å². The maximum Gasteiger partial charge on any atom is 0.325 e. The third-order valence-corrected chi connectivity index (χ3v) is 5.98. The molecule has 1 aliphatic carbocycles. The molecule has 3 N–H and O–H groups in total. The SMILES string of the molecule is COc1ccc([C@H](CNC(=O)CCN2C(=O)NC3(CCCC3)C2=O)[NH+](C)C)cc1. The van der Waals surface area contributed by atoms with Crippen molar-refractivity contribution in [1.82, 2.24) is 15.5 Å². The van der Waals surface area contributed by atoms with E-state index >= 15 is 0 Å². The van der Waals surface area contributed by atoms with E-state index in [0.29, 0.717) is 19.4 Å². The largest absolute Gasteiger partial charge is 0.497 e. The summed E-state index contributed by atoms with van der Waals surface area (Å²) in [5.41, 5.74) is 0.379. The lowest BCUT2D eigenvalue weighted by Crippen LogP contribution is -3.07. The second-order valence-electron chi connectivity index (χ2n) is 8.13. The Bertz CT molecular complexity index is 756. The van der Waals surface area contributed by atoms with Gasteiger partial charge < -0.3 is 20.3 Å². The van der Waals surface area contributed by atoms with Gasteiger partial charge in [0.1, 0.15) is 17.3 Å². The topological polar surface area (TPSA) is 92.2 Å². The number of imide groups is 1. The highest BCUT2D eigenvalue weighted by molar-refractivity contribution is 6.07. The van der Waals surface area contributed by atoms with Crippen LogP contribution in [0.15, 0.2) is 24.3 Å². The minimum absolute atomic E-state index is 0.0864. The fraction of sp³-hybridized carbons (Fsp3) is 0.571. The maximum atomic E-state index is 12.6. The van der Waals surface area contributed by atoms with E-state index in [1.165, 1.54) is 9.80 Å². The molecule has 4 amide bonds. The Kier molecular flexibility index (Phi) is 6.42. The Balaban J connectivity index is 1.52. The summed E-state index contributed by atoms with van der Waals surface area (Å²) in [5, 5.41) is 5.79. The fourth-order valence-corrected chi connectivity index (χ4v) is 4.21. The Morgan fingerprint density at radius 1 is 1.24 bits per heavy atom. The number of hydrogen-bond donors (Lipinski definition) is 3. The van der Waals surface area contributed by atoms with Crippen molar-refractivity contribution in [1.29, 1.82) is 0 Å². The monoisotopic (exact) mass is 403 g/mol. The van der Waals surface area contributed by atoms with Gasteiger partial charge in [-0.3, -0.25) is 14.5 Å². The van der Waals surface area contributed by atoms with E-state index in [1.54, 1.807) is 7.11 Å². The molecule has 1 aromatic carbocycles. The van der Waals surface area contributed by atoms with Crippen molar-refractivity contribution in [3.8, 4) is 5.75 Å². The molecule has 2 aliphatic rings. The Morgan fingerprint density at radius 3 is 2.48 bits per heavy atom. The van der Waals surface area contributed by atoms with Gasteiger partial charge >= 0.3 is 6.03 Å². The fourth-order valence-electron chi connectivity index (χ4n) is 4.21. The van der Waals surface area contributed by atoms with Gasteiger partial charge in [-0.1, -0.05) is 12.8 Å². The van der Waals surface area contributed by atoms with E-state index in [1.807, 2.05) is 38.4 Å². The van der Waals surface area contributed by atoms with Gasteiger partial charge in [-0.15, -0.1) is 0 Å². The third kappa shape index (κ3) is 4.53. The number of carbonyl (C=O) groups excluding carboxylic acids is 3. The van der Waals surface area contributed by atoms with Crippen LogP contribution in [0.3, 0.4) is 0 Å². The molecule has 158 valence electrons. The average Bonchev–Trinajstić information content (AvgIpc) is 3.26. The molecule has 29 heavy (non-hydrogen) atoms. The second-order valence-corrected chi connectivity index (χ2v) is 8.13. The van der Waals surface area contributed by atoms with Crippen LogP contribution in [0.2, 0.25) is 0 Å². The van der Waals surface area contributed by atoms with Crippen molar-refractivity contribution in [3.05, 3.63) is 29.8 Å². The molecule has 1 aliphatic heterocycles. The summed E-state index contributed by atoms with van der Waals surface area (Å²) in [6.07, 6.45) is 3.37. The number of hydrogen-bond acceptors (Lipinski definition) is 4. The molecule has 1 aromatic rings. The van der Waals surface area contributed by atoms with Crippen LogP contribution in [-0.2, 0) is 9.59 Å². The summed E-state index contributed by atoms with van der Waals surface area (Å²) in [6.45, 7) is 0.581. The lowest BCUT2D eigenvalue weighted by atomic mass is 9.98.